The minimum Gasteiger partial charge on any atom is -0.400 e. The Balaban J connectivity index is 1.87. The van der Waals surface area contributed by atoms with Crippen molar-refractivity contribution in [3.63, 3.8) is 0 Å². The van der Waals surface area contributed by atoms with Gasteiger partial charge in [0, 0.05) is 27.8 Å². The molecule has 4 nitrogen and oxygen atoms in total. The first kappa shape index (κ1) is 18.8. The van der Waals surface area contributed by atoms with E-state index >= 15 is 0 Å². The maximum Gasteiger partial charge on any atom is 0.184 e. The van der Waals surface area contributed by atoms with Gasteiger partial charge in [-0.05, 0) is 48.4 Å². The lowest BCUT2D eigenvalue weighted by atomic mass is 9.54. The summed E-state index contributed by atoms with van der Waals surface area (Å²) in [7, 11) is 0. The van der Waals surface area contributed by atoms with Gasteiger partial charge in [-0.2, -0.15) is 5.26 Å². The molecule has 148 valence electrons. The Morgan fingerprint density at radius 2 is 1.67 bits per heavy atom. The van der Waals surface area contributed by atoms with Crippen LogP contribution < -0.4 is 5.73 Å². The molecule has 0 aliphatic heterocycles. The Morgan fingerprint density at radius 3 is 2.27 bits per heavy atom. The topological polar surface area (TPSA) is 83.9 Å². The maximum atomic E-state index is 13.9. The van der Waals surface area contributed by atoms with Crippen molar-refractivity contribution in [3.8, 4) is 6.07 Å². The zero-order chi connectivity index (χ0) is 21.0. The zero-order valence-corrected chi connectivity index (χ0v) is 16.9. The van der Waals surface area contributed by atoms with E-state index in [2.05, 4.69) is 6.07 Å². The monoisotopic (exact) mass is 414 g/mol. The number of Topliss-reactive ketones (excluding diaryl/α,β-unsaturated/α-hetero) is 2. The summed E-state index contributed by atoms with van der Waals surface area (Å²) in [6, 6.07) is 16.3. The molecule has 0 saturated heterocycles. The van der Waals surface area contributed by atoms with Gasteiger partial charge in [0.1, 0.15) is 11.5 Å². The van der Waals surface area contributed by atoms with Crippen LogP contribution >= 0.6 is 11.6 Å². The molecule has 0 bridgehead atoms. The number of rotatable bonds is 1. The molecule has 2 unspecified atom stereocenters. The summed E-state index contributed by atoms with van der Waals surface area (Å²) in [6.07, 6.45) is 4.62. The van der Waals surface area contributed by atoms with E-state index in [0.29, 0.717) is 21.7 Å². The van der Waals surface area contributed by atoms with Gasteiger partial charge >= 0.3 is 0 Å². The molecule has 0 fully saturated rings. The second kappa shape index (κ2) is 6.68. The Kier molecular flexibility index (Phi) is 4.20. The number of nitrogens with zero attached hydrogens (tertiary/aromatic N) is 1. The van der Waals surface area contributed by atoms with Crippen molar-refractivity contribution in [1.29, 1.82) is 5.26 Å². The van der Waals surface area contributed by atoms with Crippen LogP contribution in [0.4, 0.5) is 0 Å². The molecule has 5 heteroatoms. The highest BCUT2D eigenvalue weighted by atomic mass is 35.5. The number of hydrogen-bond acceptors (Lipinski definition) is 4. The van der Waals surface area contributed by atoms with Gasteiger partial charge in [0.15, 0.2) is 11.6 Å². The normalized spacial score (nSPS) is 24.3. The molecular formula is C25H19ClN2O2. The molecule has 5 rings (SSSR count). The minimum atomic E-state index is -1.60. The summed E-state index contributed by atoms with van der Waals surface area (Å²) in [4.78, 5) is 27.8. The average molecular weight is 415 g/mol. The third-order valence-electron chi connectivity index (χ3n) is 6.81. The summed E-state index contributed by atoms with van der Waals surface area (Å²) >= 11 is 6.12. The fraction of sp³-hybridized carbons (Fsp3) is 0.240. The smallest absolute Gasteiger partial charge is 0.184 e. The van der Waals surface area contributed by atoms with Crippen molar-refractivity contribution in [3.05, 3.63) is 93.2 Å². The van der Waals surface area contributed by atoms with Gasteiger partial charge in [-0.3, -0.25) is 9.59 Å². The lowest BCUT2D eigenvalue weighted by Crippen LogP contribution is -2.51. The van der Waals surface area contributed by atoms with E-state index in [4.69, 9.17) is 17.3 Å². The molecule has 0 heterocycles. The maximum absolute atomic E-state index is 13.9. The number of carbonyl (C=O) groups is 2. The first-order chi connectivity index (χ1) is 14.5. The minimum absolute atomic E-state index is 0.0838. The summed E-state index contributed by atoms with van der Waals surface area (Å²) in [5.74, 6) is -1.23. The molecule has 2 aromatic rings. The molecule has 0 saturated carbocycles. The van der Waals surface area contributed by atoms with Gasteiger partial charge in [-0.25, -0.2) is 0 Å². The van der Waals surface area contributed by atoms with Crippen LogP contribution in [-0.2, 0) is 0 Å². The number of carbonyl (C=O) groups excluding carboxylic acids is 2. The summed E-state index contributed by atoms with van der Waals surface area (Å²) < 4.78 is 0. The van der Waals surface area contributed by atoms with Crippen molar-refractivity contribution in [1.82, 2.24) is 0 Å². The number of ketones is 2. The van der Waals surface area contributed by atoms with Crippen LogP contribution in [0.2, 0.25) is 5.02 Å². The fourth-order valence-electron chi connectivity index (χ4n) is 5.57. The number of allylic oxidation sites excluding steroid dienone is 4. The highest BCUT2D eigenvalue weighted by Gasteiger charge is 2.64. The van der Waals surface area contributed by atoms with Gasteiger partial charge in [0.2, 0.25) is 0 Å². The Hall–Kier alpha value is -3.16. The van der Waals surface area contributed by atoms with E-state index < -0.39 is 11.3 Å². The Labute approximate surface area is 179 Å². The second-order valence-electron chi connectivity index (χ2n) is 8.14. The summed E-state index contributed by atoms with van der Waals surface area (Å²) in [6.45, 7) is 0. The quantitative estimate of drug-likeness (QED) is 0.668. The SMILES string of the molecule is N#CC1=C(N)C2(C(=O)c3ccccc3C2=O)C(c2ccc(Cl)cc2)C2CCCC=C12. The predicted octanol–water partition coefficient (Wildman–Crippen LogP) is 4.97. The van der Waals surface area contributed by atoms with E-state index in [1.165, 1.54) is 0 Å². The average Bonchev–Trinajstić information content (AvgIpc) is 2.99. The van der Waals surface area contributed by atoms with E-state index in [1.54, 1.807) is 36.4 Å². The molecule has 0 amide bonds. The molecule has 3 aliphatic rings. The Bertz CT molecular complexity index is 1170. The standard InChI is InChI=1S/C25H19ClN2O2/c26-15-11-9-14(10-12-15)21-17-6-2-1-5-16(17)20(13-27)22(28)25(21)23(29)18-7-3-4-8-19(18)24(25)30/h3-5,7-12,17,21H,1-2,6,28H2. The molecule has 0 aromatic heterocycles. The largest absolute Gasteiger partial charge is 0.400 e. The number of fused-ring (bicyclic) bond motifs is 2. The second-order valence-corrected chi connectivity index (χ2v) is 8.57. The lowest BCUT2D eigenvalue weighted by molar-refractivity contribution is 0.0659. The van der Waals surface area contributed by atoms with E-state index in [0.717, 1.165) is 30.4 Å². The van der Waals surface area contributed by atoms with Crippen LogP contribution in [0.5, 0.6) is 0 Å². The molecule has 2 atom stereocenters. The first-order valence-electron chi connectivity index (χ1n) is 10.1. The Morgan fingerprint density at radius 1 is 1.03 bits per heavy atom. The van der Waals surface area contributed by atoms with Crippen LogP contribution in [-0.4, -0.2) is 11.6 Å². The van der Waals surface area contributed by atoms with Crippen molar-refractivity contribution >= 4 is 23.2 Å². The molecular weight excluding hydrogens is 396 g/mol. The number of hydrogen-bond donors (Lipinski definition) is 1. The third kappa shape index (κ3) is 2.27. The number of benzene rings is 2. The van der Waals surface area contributed by atoms with Crippen LogP contribution in [0.3, 0.4) is 0 Å². The molecule has 0 radical (unpaired) electrons. The molecule has 1 spiro atoms. The number of nitrogens with two attached hydrogens (primary N) is 1. The zero-order valence-electron chi connectivity index (χ0n) is 16.2. The van der Waals surface area contributed by atoms with Crippen LogP contribution in [0, 0.1) is 22.7 Å². The van der Waals surface area contributed by atoms with Crippen LogP contribution in [0.25, 0.3) is 0 Å². The number of halogens is 1. The van der Waals surface area contributed by atoms with Gasteiger partial charge in [-0.15, -0.1) is 0 Å². The van der Waals surface area contributed by atoms with Crippen LogP contribution in [0.15, 0.2) is 71.5 Å². The van der Waals surface area contributed by atoms with Gasteiger partial charge in [-0.1, -0.05) is 54.1 Å². The van der Waals surface area contributed by atoms with Gasteiger partial charge in [0.05, 0.1) is 5.57 Å². The van der Waals surface area contributed by atoms with E-state index in [1.807, 2.05) is 18.2 Å². The molecule has 2 aromatic carbocycles. The molecule has 3 aliphatic carbocycles. The highest BCUT2D eigenvalue weighted by Crippen LogP contribution is 2.60. The van der Waals surface area contributed by atoms with E-state index in [9.17, 15) is 14.9 Å². The first-order valence-corrected chi connectivity index (χ1v) is 10.4. The fourth-order valence-corrected chi connectivity index (χ4v) is 5.70. The summed E-state index contributed by atoms with van der Waals surface area (Å²) in [5, 5.41) is 10.5. The van der Waals surface area contributed by atoms with Crippen molar-refractivity contribution in [2.24, 2.45) is 17.1 Å². The van der Waals surface area contributed by atoms with E-state index in [-0.39, 0.29) is 23.2 Å². The van der Waals surface area contributed by atoms with Crippen molar-refractivity contribution in [2.75, 3.05) is 0 Å². The molecule has 30 heavy (non-hydrogen) atoms. The predicted molar refractivity (Wildman–Crippen MR) is 114 cm³/mol. The third-order valence-corrected chi connectivity index (χ3v) is 7.06. The highest BCUT2D eigenvalue weighted by molar-refractivity contribution is 6.32. The van der Waals surface area contributed by atoms with Crippen molar-refractivity contribution in [2.45, 2.75) is 25.2 Å². The number of nitriles is 1. The van der Waals surface area contributed by atoms with Crippen molar-refractivity contribution < 1.29 is 9.59 Å². The van der Waals surface area contributed by atoms with Gasteiger partial charge in [0.25, 0.3) is 0 Å². The lowest BCUT2D eigenvalue weighted by Gasteiger charge is -2.46. The summed E-state index contributed by atoms with van der Waals surface area (Å²) in [5.41, 5.74) is 7.85. The van der Waals surface area contributed by atoms with Crippen LogP contribution in [0.1, 0.15) is 51.5 Å². The molecule has 2 N–H and O–H groups in total. The van der Waals surface area contributed by atoms with Gasteiger partial charge < -0.3 is 5.73 Å².